The number of halogens is 3. The SMILES string of the molecule is CCOC(=O)c1cnc(-c2cccc(C(F)(F)F)c2)nc1N[C@H](C)c1cccc(OC)c1. The fraction of sp³-hybridized carbons (Fsp3) is 0.261. The highest BCUT2D eigenvalue weighted by molar-refractivity contribution is 5.94. The third kappa shape index (κ3) is 5.35. The molecule has 0 aliphatic heterocycles. The van der Waals surface area contributed by atoms with Crippen LogP contribution in [0, 0.1) is 0 Å². The number of aromatic nitrogens is 2. The van der Waals surface area contributed by atoms with Gasteiger partial charge in [-0.3, -0.25) is 0 Å². The molecule has 0 bridgehead atoms. The average Bonchev–Trinajstić information content (AvgIpc) is 2.78. The molecule has 0 unspecified atom stereocenters. The number of nitrogens with one attached hydrogen (secondary N) is 1. The normalized spacial score (nSPS) is 12.2. The molecule has 2 aromatic carbocycles. The summed E-state index contributed by atoms with van der Waals surface area (Å²) in [5.74, 6) is 0.225. The number of esters is 1. The molecule has 0 saturated heterocycles. The predicted molar refractivity (Wildman–Crippen MR) is 113 cm³/mol. The Bertz CT molecular complexity index is 1100. The Balaban J connectivity index is 2.01. The van der Waals surface area contributed by atoms with Gasteiger partial charge in [0.25, 0.3) is 0 Å². The first-order valence-electron chi connectivity index (χ1n) is 9.85. The minimum atomic E-state index is -4.50. The summed E-state index contributed by atoms with van der Waals surface area (Å²) >= 11 is 0. The van der Waals surface area contributed by atoms with Crippen LogP contribution in [0.25, 0.3) is 11.4 Å². The molecule has 1 heterocycles. The predicted octanol–water partition coefficient (Wildman–Crippen LogP) is 5.52. The van der Waals surface area contributed by atoms with E-state index in [9.17, 15) is 18.0 Å². The Morgan fingerprint density at radius 3 is 2.59 bits per heavy atom. The van der Waals surface area contributed by atoms with Crippen molar-refractivity contribution in [1.82, 2.24) is 9.97 Å². The molecule has 3 aromatic rings. The standard InChI is InChI=1S/C23H22F3N3O3/c1-4-32-22(30)19-13-27-20(16-8-5-9-17(11-16)23(24,25)26)29-21(19)28-14(2)15-7-6-10-18(12-15)31-3/h5-14H,4H2,1-3H3,(H,27,28,29)/t14-/m1/s1. The lowest BCUT2D eigenvalue weighted by Gasteiger charge is -2.18. The van der Waals surface area contributed by atoms with Crippen molar-refractivity contribution in [2.45, 2.75) is 26.1 Å². The Kier molecular flexibility index (Phi) is 6.97. The van der Waals surface area contributed by atoms with Crippen LogP contribution in [0.5, 0.6) is 5.75 Å². The molecular formula is C23H22F3N3O3. The number of rotatable bonds is 7. The summed E-state index contributed by atoms with van der Waals surface area (Å²) in [5.41, 5.74) is 0.301. The molecule has 1 N–H and O–H groups in total. The zero-order chi connectivity index (χ0) is 23.3. The van der Waals surface area contributed by atoms with Gasteiger partial charge in [0, 0.05) is 11.8 Å². The largest absolute Gasteiger partial charge is 0.497 e. The van der Waals surface area contributed by atoms with Crippen molar-refractivity contribution in [1.29, 1.82) is 0 Å². The summed E-state index contributed by atoms with van der Waals surface area (Å²) in [6, 6.07) is 11.7. The summed E-state index contributed by atoms with van der Waals surface area (Å²) in [6.07, 6.45) is -3.25. The number of methoxy groups -OCH3 is 1. The van der Waals surface area contributed by atoms with Crippen LogP contribution < -0.4 is 10.1 Å². The highest BCUT2D eigenvalue weighted by Crippen LogP contribution is 2.32. The Morgan fingerprint density at radius 2 is 1.91 bits per heavy atom. The van der Waals surface area contributed by atoms with Gasteiger partial charge < -0.3 is 14.8 Å². The number of ether oxygens (including phenoxy) is 2. The lowest BCUT2D eigenvalue weighted by molar-refractivity contribution is -0.137. The van der Waals surface area contributed by atoms with Crippen molar-refractivity contribution in [3.05, 3.63) is 71.4 Å². The molecule has 0 saturated carbocycles. The highest BCUT2D eigenvalue weighted by atomic mass is 19.4. The minimum Gasteiger partial charge on any atom is -0.497 e. The topological polar surface area (TPSA) is 73.3 Å². The quantitative estimate of drug-likeness (QED) is 0.483. The molecule has 3 rings (SSSR count). The van der Waals surface area contributed by atoms with E-state index in [1.807, 2.05) is 25.1 Å². The first-order chi connectivity index (χ1) is 15.2. The molecule has 1 atom stereocenters. The van der Waals surface area contributed by atoms with Crippen LogP contribution in [0.4, 0.5) is 19.0 Å². The first-order valence-corrected chi connectivity index (χ1v) is 9.85. The number of hydrogen-bond donors (Lipinski definition) is 1. The average molecular weight is 445 g/mol. The number of carbonyl (C=O) groups excluding carboxylic acids is 1. The number of carbonyl (C=O) groups is 1. The molecule has 168 valence electrons. The lowest BCUT2D eigenvalue weighted by Crippen LogP contribution is -2.15. The van der Waals surface area contributed by atoms with Crippen molar-refractivity contribution in [2.75, 3.05) is 19.0 Å². The molecule has 1 aromatic heterocycles. The summed E-state index contributed by atoms with van der Waals surface area (Å²) < 4.78 is 49.7. The van der Waals surface area contributed by atoms with E-state index in [-0.39, 0.29) is 35.4 Å². The molecular weight excluding hydrogens is 423 g/mol. The van der Waals surface area contributed by atoms with Gasteiger partial charge in [0.05, 0.1) is 25.3 Å². The van der Waals surface area contributed by atoms with Crippen LogP contribution in [0.1, 0.15) is 41.4 Å². The first kappa shape index (κ1) is 23.1. The maximum atomic E-state index is 13.1. The summed E-state index contributed by atoms with van der Waals surface area (Å²) in [4.78, 5) is 20.9. The van der Waals surface area contributed by atoms with E-state index in [4.69, 9.17) is 9.47 Å². The second kappa shape index (κ2) is 9.67. The van der Waals surface area contributed by atoms with Gasteiger partial charge in [-0.15, -0.1) is 0 Å². The van der Waals surface area contributed by atoms with E-state index in [1.54, 1.807) is 20.1 Å². The number of hydrogen-bond acceptors (Lipinski definition) is 6. The number of nitrogens with zero attached hydrogens (tertiary/aromatic N) is 2. The van der Waals surface area contributed by atoms with Crippen LogP contribution in [0.15, 0.2) is 54.7 Å². The molecule has 0 radical (unpaired) electrons. The van der Waals surface area contributed by atoms with Gasteiger partial charge in [-0.1, -0.05) is 24.3 Å². The fourth-order valence-corrected chi connectivity index (χ4v) is 3.02. The lowest BCUT2D eigenvalue weighted by atomic mass is 10.1. The van der Waals surface area contributed by atoms with Crippen LogP contribution in [0.2, 0.25) is 0 Å². The van der Waals surface area contributed by atoms with Crippen LogP contribution in [0.3, 0.4) is 0 Å². The van der Waals surface area contributed by atoms with Gasteiger partial charge in [0.1, 0.15) is 17.1 Å². The smallest absolute Gasteiger partial charge is 0.416 e. The number of alkyl halides is 3. The molecule has 0 aliphatic rings. The fourth-order valence-electron chi connectivity index (χ4n) is 3.02. The maximum Gasteiger partial charge on any atom is 0.416 e. The summed E-state index contributed by atoms with van der Waals surface area (Å²) in [5, 5.41) is 3.14. The van der Waals surface area contributed by atoms with Crippen LogP contribution in [-0.4, -0.2) is 29.7 Å². The zero-order valence-corrected chi connectivity index (χ0v) is 17.7. The Labute approximate surface area is 183 Å². The Morgan fingerprint density at radius 1 is 1.16 bits per heavy atom. The van der Waals surface area contributed by atoms with E-state index in [0.717, 1.165) is 17.7 Å². The zero-order valence-electron chi connectivity index (χ0n) is 17.7. The molecule has 6 nitrogen and oxygen atoms in total. The van der Waals surface area contributed by atoms with Gasteiger partial charge in [0.15, 0.2) is 5.82 Å². The van der Waals surface area contributed by atoms with Gasteiger partial charge in [-0.05, 0) is 43.7 Å². The minimum absolute atomic E-state index is 0.0458. The van der Waals surface area contributed by atoms with Crippen molar-refractivity contribution in [3.63, 3.8) is 0 Å². The second-order valence-electron chi connectivity index (χ2n) is 6.90. The van der Waals surface area contributed by atoms with E-state index in [1.165, 1.54) is 18.3 Å². The molecule has 32 heavy (non-hydrogen) atoms. The van der Waals surface area contributed by atoms with Crippen molar-refractivity contribution in [3.8, 4) is 17.1 Å². The van der Waals surface area contributed by atoms with Gasteiger partial charge in [-0.2, -0.15) is 13.2 Å². The van der Waals surface area contributed by atoms with E-state index in [2.05, 4.69) is 15.3 Å². The van der Waals surface area contributed by atoms with Crippen LogP contribution in [-0.2, 0) is 10.9 Å². The Hall–Kier alpha value is -3.62. The number of benzene rings is 2. The molecule has 9 heteroatoms. The van der Waals surface area contributed by atoms with Crippen molar-refractivity contribution >= 4 is 11.8 Å². The molecule has 0 spiro atoms. The van der Waals surface area contributed by atoms with E-state index < -0.39 is 17.7 Å². The van der Waals surface area contributed by atoms with Gasteiger partial charge in [0.2, 0.25) is 0 Å². The van der Waals surface area contributed by atoms with Crippen LogP contribution >= 0.6 is 0 Å². The summed E-state index contributed by atoms with van der Waals surface area (Å²) in [6.45, 7) is 3.68. The molecule has 0 fully saturated rings. The molecule has 0 amide bonds. The third-order valence-electron chi connectivity index (χ3n) is 4.68. The van der Waals surface area contributed by atoms with Crippen molar-refractivity contribution in [2.24, 2.45) is 0 Å². The second-order valence-corrected chi connectivity index (χ2v) is 6.90. The monoisotopic (exact) mass is 445 g/mol. The van der Waals surface area contributed by atoms with Gasteiger partial charge >= 0.3 is 12.1 Å². The van der Waals surface area contributed by atoms with Gasteiger partial charge in [-0.25, -0.2) is 14.8 Å². The maximum absolute atomic E-state index is 13.1. The number of anilines is 1. The van der Waals surface area contributed by atoms with E-state index in [0.29, 0.717) is 5.75 Å². The van der Waals surface area contributed by atoms with E-state index >= 15 is 0 Å². The highest BCUT2D eigenvalue weighted by Gasteiger charge is 2.30. The third-order valence-corrected chi connectivity index (χ3v) is 4.68. The molecule has 0 aliphatic carbocycles. The van der Waals surface area contributed by atoms with Crippen molar-refractivity contribution < 1.29 is 27.4 Å². The summed E-state index contributed by atoms with van der Waals surface area (Å²) in [7, 11) is 1.56.